The molecular formula is C19H16BrNO3. The van der Waals surface area contributed by atoms with Crippen LogP contribution in [-0.4, -0.2) is 19.5 Å². The fourth-order valence-electron chi connectivity index (χ4n) is 2.17. The van der Waals surface area contributed by atoms with Gasteiger partial charge in [0.2, 0.25) is 5.78 Å². The molecule has 0 fully saturated rings. The van der Waals surface area contributed by atoms with E-state index in [9.17, 15) is 10.1 Å². The molecule has 0 N–H and O–H groups in total. The second-order valence-corrected chi connectivity index (χ2v) is 5.69. The highest BCUT2D eigenvalue weighted by Gasteiger charge is 2.14. The zero-order chi connectivity index (χ0) is 17.5. The lowest BCUT2D eigenvalue weighted by Gasteiger charge is -2.12. The molecule has 0 bridgehead atoms. The van der Waals surface area contributed by atoms with Crippen molar-refractivity contribution in [2.45, 2.75) is 6.92 Å². The molecule has 0 aromatic heterocycles. The van der Waals surface area contributed by atoms with Gasteiger partial charge in [0.05, 0.1) is 18.2 Å². The fraction of sp³-hybridized carbons (Fsp3) is 0.158. The van der Waals surface area contributed by atoms with Crippen LogP contribution in [0.2, 0.25) is 0 Å². The normalized spacial score (nSPS) is 10.8. The van der Waals surface area contributed by atoms with Gasteiger partial charge in [-0.3, -0.25) is 4.79 Å². The Bertz CT molecular complexity index is 807. The molecule has 0 unspecified atom stereocenters. The van der Waals surface area contributed by atoms with Crippen molar-refractivity contribution in [2.75, 3.05) is 13.7 Å². The summed E-state index contributed by atoms with van der Waals surface area (Å²) in [6, 6.07) is 14.2. The number of ether oxygens (including phenoxy) is 2. The molecule has 0 spiro atoms. The molecule has 2 rings (SSSR count). The van der Waals surface area contributed by atoms with E-state index < -0.39 is 0 Å². The first-order valence-electron chi connectivity index (χ1n) is 7.32. The molecule has 0 atom stereocenters. The second-order valence-electron chi connectivity index (χ2n) is 4.83. The highest BCUT2D eigenvalue weighted by Crippen LogP contribution is 2.37. The van der Waals surface area contributed by atoms with Crippen LogP contribution in [0, 0.1) is 11.3 Å². The van der Waals surface area contributed by atoms with Gasteiger partial charge in [0, 0.05) is 5.56 Å². The molecule has 5 heteroatoms. The Kier molecular flexibility index (Phi) is 6.16. The number of carbonyl (C=O) groups excluding carboxylic acids is 1. The Balaban J connectivity index is 2.43. The highest BCUT2D eigenvalue weighted by atomic mass is 79.9. The second kappa shape index (κ2) is 8.32. The molecule has 0 amide bonds. The number of Topliss-reactive ketones (excluding diaryl/α,β-unsaturated/α-hetero) is 1. The highest BCUT2D eigenvalue weighted by molar-refractivity contribution is 9.10. The molecule has 0 radical (unpaired) electrons. The van der Waals surface area contributed by atoms with Gasteiger partial charge < -0.3 is 9.47 Å². The van der Waals surface area contributed by atoms with E-state index in [2.05, 4.69) is 15.9 Å². The Hall–Kier alpha value is -2.58. The van der Waals surface area contributed by atoms with Crippen LogP contribution in [0.4, 0.5) is 0 Å². The Morgan fingerprint density at radius 2 is 2.00 bits per heavy atom. The number of benzene rings is 2. The van der Waals surface area contributed by atoms with Crippen LogP contribution >= 0.6 is 15.9 Å². The van der Waals surface area contributed by atoms with Crippen LogP contribution in [0.25, 0.3) is 6.08 Å². The summed E-state index contributed by atoms with van der Waals surface area (Å²) < 4.78 is 11.6. The lowest BCUT2D eigenvalue weighted by molar-refractivity contribution is 0.104. The van der Waals surface area contributed by atoms with Gasteiger partial charge in [0.25, 0.3) is 0 Å². The van der Waals surface area contributed by atoms with Crippen molar-refractivity contribution < 1.29 is 14.3 Å². The first-order chi connectivity index (χ1) is 11.6. The summed E-state index contributed by atoms with van der Waals surface area (Å²) in [6.07, 6.45) is 1.54. The van der Waals surface area contributed by atoms with E-state index in [-0.39, 0.29) is 11.4 Å². The van der Waals surface area contributed by atoms with E-state index in [0.717, 1.165) is 0 Å². The third kappa shape index (κ3) is 4.03. The molecule has 2 aromatic carbocycles. The van der Waals surface area contributed by atoms with Gasteiger partial charge in [0.15, 0.2) is 11.5 Å². The van der Waals surface area contributed by atoms with Gasteiger partial charge in [-0.25, -0.2) is 0 Å². The summed E-state index contributed by atoms with van der Waals surface area (Å²) in [4.78, 5) is 12.4. The van der Waals surface area contributed by atoms with Crippen molar-refractivity contribution in [3.63, 3.8) is 0 Å². The molecule has 0 saturated heterocycles. The van der Waals surface area contributed by atoms with Crippen molar-refractivity contribution in [1.82, 2.24) is 0 Å². The molecule has 122 valence electrons. The van der Waals surface area contributed by atoms with E-state index in [0.29, 0.717) is 33.7 Å². The molecule has 0 aliphatic rings. The number of allylic oxidation sites excluding steroid dienone is 1. The standard InChI is InChI=1S/C19H16BrNO3/c1-3-24-19-16(20)10-13(11-17(19)23-2)9-15(12-21)18(22)14-7-5-4-6-8-14/h4-11H,3H2,1-2H3. The zero-order valence-corrected chi connectivity index (χ0v) is 15.0. The first-order valence-corrected chi connectivity index (χ1v) is 8.11. The number of ketones is 1. The maximum atomic E-state index is 12.4. The molecular weight excluding hydrogens is 370 g/mol. The summed E-state index contributed by atoms with van der Waals surface area (Å²) in [5.74, 6) is 0.800. The number of nitriles is 1. The predicted octanol–water partition coefficient (Wildman–Crippen LogP) is 4.65. The van der Waals surface area contributed by atoms with E-state index in [1.807, 2.05) is 19.1 Å². The van der Waals surface area contributed by atoms with Gasteiger partial charge in [-0.05, 0) is 46.6 Å². The Labute approximate surface area is 149 Å². The van der Waals surface area contributed by atoms with Crippen molar-refractivity contribution in [1.29, 1.82) is 5.26 Å². The van der Waals surface area contributed by atoms with Crippen LogP contribution < -0.4 is 9.47 Å². The Morgan fingerprint density at radius 3 is 2.58 bits per heavy atom. The van der Waals surface area contributed by atoms with E-state index in [1.54, 1.807) is 42.5 Å². The maximum absolute atomic E-state index is 12.4. The number of nitrogens with zero attached hydrogens (tertiary/aromatic N) is 1. The van der Waals surface area contributed by atoms with Crippen LogP contribution in [-0.2, 0) is 0 Å². The van der Waals surface area contributed by atoms with Crippen LogP contribution in [0.1, 0.15) is 22.8 Å². The SMILES string of the molecule is CCOc1c(Br)cc(C=C(C#N)C(=O)c2ccccc2)cc1OC. The Morgan fingerprint density at radius 1 is 1.29 bits per heavy atom. The number of rotatable bonds is 6. The monoisotopic (exact) mass is 385 g/mol. The third-order valence-corrected chi connectivity index (χ3v) is 3.84. The largest absolute Gasteiger partial charge is 0.493 e. The number of carbonyl (C=O) groups is 1. The van der Waals surface area contributed by atoms with E-state index >= 15 is 0 Å². The van der Waals surface area contributed by atoms with Crippen LogP contribution in [0.3, 0.4) is 0 Å². The lowest BCUT2D eigenvalue weighted by Crippen LogP contribution is -2.02. The number of hydrogen-bond donors (Lipinski definition) is 0. The smallest absolute Gasteiger partial charge is 0.203 e. The number of methoxy groups -OCH3 is 1. The van der Waals surface area contributed by atoms with Crippen molar-refractivity contribution in [3.8, 4) is 17.6 Å². The van der Waals surface area contributed by atoms with Gasteiger partial charge in [-0.15, -0.1) is 0 Å². The maximum Gasteiger partial charge on any atom is 0.203 e. The average Bonchev–Trinajstić information content (AvgIpc) is 2.61. The summed E-state index contributed by atoms with van der Waals surface area (Å²) in [6.45, 7) is 2.38. The zero-order valence-electron chi connectivity index (χ0n) is 13.4. The van der Waals surface area contributed by atoms with Crippen molar-refractivity contribution >= 4 is 27.8 Å². The van der Waals surface area contributed by atoms with Crippen LogP contribution in [0.15, 0.2) is 52.5 Å². The first kappa shape index (κ1) is 17.8. The van der Waals surface area contributed by atoms with Gasteiger partial charge in [0.1, 0.15) is 11.6 Å². The molecule has 0 saturated carbocycles. The van der Waals surface area contributed by atoms with Gasteiger partial charge in [-0.2, -0.15) is 5.26 Å². The van der Waals surface area contributed by atoms with Crippen LogP contribution in [0.5, 0.6) is 11.5 Å². The van der Waals surface area contributed by atoms with Crippen molar-refractivity contribution in [3.05, 3.63) is 63.6 Å². The molecule has 0 heterocycles. The predicted molar refractivity (Wildman–Crippen MR) is 96.2 cm³/mol. The topological polar surface area (TPSA) is 59.3 Å². The average molecular weight is 386 g/mol. The minimum Gasteiger partial charge on any atom is -0.493 e. The minimum absolute atomic E-state index is 0.0549. The lowest BCUT2D eigenvalue weighted by atomic mass is 10.0. The summed E-state index contributed by atoms with van der Waals surface area (Å²) in [5.41, 5.74) is 1.20. The van der Waals surface area contributed by atoms with Crippen molar-refractivity contribution in [2.24, 2.45) is 0 Å². The summed E-state index contributed by atoms with van der Waals surface area (Å²) in [7, 11) is 1.54. The quantitative estimate of drug-likeness (QED) is 0.412. The summed E-state index contributed by atoms with van der Waals surface area (Å²) in [5, 5.41) is 9.35. The molecule has 24 heavy (non-hydrogen) atoms. The van der Waals surface area contributed by atoms with Gasteiger partial charge in [-0.1, -0.05) is 30.3 Å². The van der Waals surface area contributed by atoms with E-state index in [4.69, 9.17) is 9.47 Å². The molecule has 0 aliphatic carbocycles. The molecule has 4 nitrogen and oxygen atoms in total. The molecule has 2 aromatic rings. The van der Waals surface area contributed by atoms with E-state index in [1.165, 1.54) is 7.11 Å². The minimum atomic E-state index is -0.318. The number of hydrogen-bond acceptors (Lipinski definition) is 4. The third-order valence-electron chi connectivity index (χ3n) is 3.25. The fourth-order valence-corrected chi connectivity index (χ4v) is 2.74. The summed E-state index contributed by atoms with van der Waals surface area (Å²) >= 11 is 3.43. The number of halogens is 1. The molecule has 0 aliphatic heterocycles. The van der Waals surface area contributed by atoms with Gasteiger partial charge >= 0.3 is 0 Å².